The van der Waals surface area contributed by atoms with E-state index in [9.17, 15) is 0 Å². The molecule has 16 aromatic carbocycles. The maximum atomic E-state index is 2.36. The fraction of sp³-hybridized carbons (Fsp3) is 0. The molecule has 0 bridgehead atoms. The second kappa shape index (κ2) is 26.5. The number of para-hydroxylation sites is 2. The summed E-state index contributed by atoms with van der Waals surface area (Å²) in [6, 6.07) is 144. The smallest absolute Gasteiger partial charge is 0.0540 e. The summed E-state index contributed by atoms with van der Waals surface area (Å²) in [5, 5.41) is 4.84. The molecule has 16 aromatic rings. The van der Waals surface area contributed by atoms with E-state index in [0.717, 1.165) is 113 Å². The van der Waals surface area contributed by atoms with E-state index in [1.165, 1.54) is 32.7 Å². The number of fused-ring (bicyclic) bond motifs is 2. The highest BCUT2D eigenvalue weighted by atomic mass is 15.2. The van der Waals surface area contributed by atoms with Crippen molar-refractivity contribution in [1.82, 2.24) is 0 Å². The highest BCUT2D eigenvalue weighted by Crippen LogP contribution is 2.45. The van der Waals surface area contributed by atoms with Crippen LogP contribution in [0.5, 0.6) is 0 Å². The molecule has 454 valence electrons. The molecule has 0 fully saturated rings. The fourth-order valence-corrected chi connectivity index (χ4v) is 13.4. The van der Waals surface area contributed by atoms with Gasteiger partial charge in [-0.3, -0.25) is 0 Å². The number of hydrogen-bond donors (Lipinski definition) is 0. The Morgan fingerprint density at radius 2 is 0.333 bits per heavy atom. The van der Waals surface area contributed by atoms with Crippen molar-refractivity contribution in [1.29, 1.82) is 0 Å². The first-order chi connectivity index (χ1) is 47.6. The lowest BCUT2D eigenvalue weighted by atomic mass is 10.0. The van der Waals surface area contributed by atoms with E-state index in [2.05, 4.69) is 420 Å². The second-order valence-corrected chi connectivity index (χ2v) is 24.1. The molecule has 0 heterocycles. The molecule has 4 nitrogen and oxygen atoms in total. The summed E-state index contributed by atoms with van der Waals surface area (Å²) < 4.78 is 0. The SMILES string of the molecule is c1ccc(-c2cccc(N(c3ccc(-c4ccc(N(c5ccc(-c6ccc(N(c7ccccc7)c7cccc8ccccc78)cc6)cc5)c5cccc(-c6ccccc6)c5)cc4)cc3)c3ccc(-c4ccc(N(c5ccccc5)c5cccc6ccccc56)cc4)cc3)c2)cc1. The van der Waals surface area contributed by atoms with Crippen molar-refractivity contribution in [3.63, 3.8) is 0 Å². The highest BCUT2D eigenvalue weighted by molar-refractivity contribution is 6.01. The minimum absolute atomic E-state index is 1.06. The molecule has 16 rings (SSSR count). The van der Waals surface area contributed by atoms with Crippen LogP contribution >= 0.6 is 0 Å². The zero-order valence-electron chi connectivity index (χ0n) is 52.9. The summed E-state index contributed by atoms with van der Waals surface area (Å²) in [4.78, 5) is 9.44. The molecule has 0 unspecified atom stereocenters. The Morgan fingerprint density at radius 1 is 0.125 bits per heavy atom. The van der Waals surface area contributed by atoms with Crippen LogP contribution in [0.4, 0.5) is 68.2 Å². The van der Waals surface area contributed by atoms with Crippen molar-refractivity contribution in [3.8, 4) is 55.6 Å². The molecule has 0 N–H and O–H groups in total. The number of rotatable bonds is 17. The van der Waals surface area contributed by atoms with E-state index in [1.807, 2.05) is 0 Å². The lowest BCUT2D eigenvalue weighted by Gasteiger charge is -2.27. The quantitative estimate of drug-likeness (QED) is 0.0901. The number of nitrogens with zero attached hydrogens (tertiary/aromatic N) is 4. The van der Waals surface area contributed by atoms with Crippen molar-refractivity contribution in [2.45, 2.75) is 0 Å². The van der Waals surface area contributed by atoms with Crippen molar-refractivity contribution >= 4 is 89.8 Å². The molecule has 0 aliphatic carbocycles. The zero-order chi connectivity index (χ0) is 64.0. The van der Waals surface area contributed by atoms with Gasteiger partial charge in [-0.15, -0.1) is 0 Å². The molecule has 0 saturated heterocycles. The molecule has 0 atom stereocenters. The Bertz CT molecular complexity index is 4950. The zero-order valence-corrected chi connectivity index (χ0v) is 52.9. The lowest BCUT2D eigenvalue weighted by molar-refractivity contribution is 1.28. The second-order valence-electron chi connectivity index (χ2n) is 24.1. The van der Waals surface area contributed by atoms with Gasteiger partial charge in [0.2, 0.25) is 0 Å². The Morgan fingerprint density at radius 3 is 0.646 bits per heavy atom. The van der Waals surface area contributed by atoms with Gasteiger partial charge in [0.1, 0.15) is 0 Å². The molecular formula is C92H66N4. The molecule has 0 spiro atoms. The number of anilines is 12. The van der Waals surface area contributed by atoms with Gasteiger partial charge >= 0.3 is 0 Å². The van der Waals surface area contributed by atoms with Crippen molar-refractivity contribution in [2.24, 2.45) is 0 Å². The summed E-state index contributed by atoms with van der Waals surface area (Å²) in [6.07, 6.45) is 0. The molecule has 0 aromatic heterocycles. The summed E-state index contributed by atoms with van der Waals surface area (Å²) in [7, 11) is 0. The first kappa shape index (κ1) is 58.3. The van der Waals surface area contributed by atoms with E-state index in [1.54, 1.807) is 0 Å². The van der Waals surface area contributed by atoms with E-state index in [4.69, 9.17) is 0 Å². The summed E-state index contributed by atoms with van der Waals surface area (Å²) in [6.45, 7) is 0. The van der Waals surface area contributed by atoms with Crippen LogP contribution in [0.1, 0.15) is 0 Å². The Kier molecular flexibility index (Phi) is 16.1. The Hall–Kier alpha value is -12.8. The van der Waals surface area contributed by atoms with Gasteiger partial charge in [0.05, 0.1) is 11.4 Å². The molecule has 96 heavy (non-hydrogen) atoms. The standard InChI is InChI=1S/C92H66N4/c1-5-21-67(22-6-1)77-29-17-35-87(65-77)93(83-57-45-71(46-58-83)73-49-61-85(62-50-73)95(79-31-9-3-10-32-79)91-39-19-27-75-25-13-15-37-89(75)91)81-53-41-69(42-54-81)70-43-55-82(56-44-70)94(88-36-18-30-78(66-88)68-23-7-2-8-24-68)84-59-47-72(48-60-84)74-51-63-86(64-52-74)96(80-33-11-4-12-34-80)92-40-20-28-76-26-14-16-38-90(76)92/h1-66H. The van der Waals surface area contributed by atoms with Crippen LogP contribution < -0.4 is 19.6 Å². The molecule has 0 aliphatic heterocycles. The molecule has 4 heteroatoms. The molecule has 0 radical (unpaired) electrons. The fourth-order valence-electron chi connectivity index (χ4n) is 13.4. The van der Waals surface area contributed by atoms with Crippen LogP contribution in [0.15, 0.2) is 400 Å². The van der Waals surface area contributed by atoms with Gasteiger partial charge in [0, 0.05) is 67.6 Å². The third-order valence-electron chi connectivity index (χ3n) is 18.2. The largest absolute Gasteiger partial charge is 0.310 e. The molecule has 0 amide bonds. The minimum atomic E-state index is 1.06. The molecule has 0 aliphatic rings. The average Bonchev–Trinajstić information content (AvgIpc) is 0.839. The Labute approximate surface area is 562 Å². The van der Waals surface area contributed by atoms with Gasteiger partial charge in [-0.2, -0.15) is 0 Å². The maximum absolute atomic E-state index is 2.36. The lowest BCUT2D eigenvalue weighted by Crippen LogP contribution is -2.10. The van der Waals surface area contributed by atoms with Crippen molar-refractivity contribution < 1.29 is 0 Å². The normalized spacial score (nSPS) is 11.1. The molecule has 0 saturated carbocycles. The number of hydrogen-bond acceptors (Lipinski definition) is 4. The third kappa shape index (κ3) is 11.9. The predicted octanol–water partition coefficient (Wildman–Crippen LogP) is 26.2. The predicted molar refractivity (Wildman–Crippen MR) is 407 cm³/mol. The summed E-state index contributed by atoms with van der Waals surface area (Å²) in [5.74, 6) is 0. The van der Waals surface area contributed by atoms with Gasteiger partial charge in [-0.25, -0.2) is 0 Å². The van der Waals surface area contributed by atoms with Crippen LogP contribution in [0.2, 0.25) is 0 Å². The molecular weight excluding hydrogens is 1160 g/mol. The first-order valence-electron chi connectivity index (χ1n) is 32.8. The van der Waals surface area contributed by atoms with E-state index < -0.39 is 0 Å². The average molecular weight is 1230 g/mol. The van der Waals surface area contributed by atoms with Crippen LogP contribution in [0.25, 0.3) is 77.2 Å². The monoisotopic (exact) mass is 1230 g/mol. The van der Waals surface area contributed by atoms with Gasteiger partial charge in [-0.05, 0) is 200 Å². The maximum Gasteiger partial charge on any atom is 0.0540 e. The van der Waals surface area contributed by atoms with Crippen LogP contribution in [0, 0.1) is 0 Å². The van der Waals surface area contributed by atoms with Crippen molar-refractivity contribution in [3.05, 3.63) is 400 Å². The van der Waals surface area contributed by atoms with Crippen molar-refractivity contribution in [2.75, 3.05) is 19.6 Å². The Balaban J connectivity index is 0.695. The van der Waals surface area contributed by atoms with Gasteiger partial charge in [0.25, 0.3) is 0 Å². The van der Waals surface area contributed by atoms with E-state index in [-0.39, 0.29) is 0 Å². The van der Waals surface area contributed by atoms with Gasteiger partial charge in [-0.1, -0.05) is 267 Å². The van der Waals surface area contributed by atoms with Gasteiger partial charge < -0.3 is 19.6 Å². The summed E-state index contributed by atoms with van der Waals surface area (Å²) in [5.41, 5.74) is 24.6. The topological polar surface area (TPSA) is 13.0 Å². The van der Waals surface area contributed by atoms with E-state index in [0.29, 0.717) is 0 Å². The van der Waals surface area contributed by atoms with Gasteiger partial charge in [0.15, 0.2) is 0 Å². The minimum Gasteiger partial charge on any atom is -0.310 e. The summed E-state index contributed by atoms with van der Waals surface area (Å²) >= 11 is 0. The first-order valence-corrected chi connectivity index (χ1v) is 32.8. The van der Waals surface area contributed by atoms with E-state index >= 15 is 0 Å². The highest BCUT2D eigenvalue weighted by Gasteiger charge is 2.21. The van der Waals surface area contributed by atoms with Crippen LogP contribution in [-0.4, -0.2) is 0 Å². The van der Waals surface area contributed by atoms with Crippen LogP contribution in [-0.2, 0) is 0 Å². The van der Waals surface area contributed by atoms with Crippen LogP contribution in [0.3, 0.4) is 0 Å². The number of benzene rings is 16. The third-order valence-corrected chi connectivity index (χ3v) is 18.2.